The Morgan fingerprint density at radius 3 is 2.41 bits per heavy atom. The predicted octanol–water partition coefficient (Wildman–Crippen LogP) is 3.44. The van der Waals surface area contributed by atoms with Gasteiger partial charge < -0.3 is 21.3 Å². The van der Waals surface area contributed by atoms with Crippen LogP contribution >= 0.6 is 0 Å². The van der Waals surface area contributed by atoms with Gasteiger partial charge in [-0.1, -0.05) is 54.6 Å². The summed E-state index contributed by atoms with van der Waals surface area (Å²) in [5.41, 5.74) is -0.449. The third-order valence-corrected chi connectivity index (χ3v) is 7.67. The third-order valence-electron chi connectivity index (χ3n) is 7.67. The van der Waals surface area contributed by atoms with E-state index in [0.717, 1.165) is 28.5 Å². The summed E-state index contributed by atoms with van der Waals surface area (Å²) in [6.45, 7) is 1.24. The zero-order valence-corrected chi connectivity index (χ0v) is 23.9. The van der Waals surface area contributed by atoms with Crippen molar-refractivity contribution in [3.05, 3.63) is 90.1 Å². The maximum absolute atomic E-state index is 13.3. The summed E-state index contributed by atoms with van der Waals surface area (Å²) in [6, 6.07) is 20.0. The molecule has 0 aliphatic carbocycles. The van der Waals surface area contributed by atoms with Gasteiger partial charge in [0.05, 0.1) is 17.7 Å². The van der Waals surface area contributed by atoms with Gasteiger partial charge in [0.2, 0.25) is 17.7 Å². The zero-order valence-electron chi connectivity index (χ0n) is 23.9. The van der Waals surface area contributed by atoms with Gasteiger partial charge in [-0.2, -0.15) is 18.3 Å². The lowest BCUT2D eigenvalue weighted by Gasteiger charge is -2.37. The highest BCUT2D eigenvalue weighted by Crippen LogP contribution is 2.31. The van der Waals surface area contributed by atoms with E-state index >= 15 is 0 Å². The molecule has 0 spiro atoms. The summed E-state index contributed by atoms with van der Waals surface area (Å²) in [5, 5.41) is 18.1. The van der Waals surface area contributed by atoms with Gasteiger partial charge in [-0.25, -0.2) is 0 Å². The van der Waals surface area contributed by atoms with E-state index in [-0.39, 0.29) is 43.4 Å². The van der Waals surface area contributed by atoms with E-state index in [9.17, 15) is 27.6 Å². The molecule has 0 radical (unpaired) electrons. The highest BCUT2D eigenvalue weighted by Gasteiger charge is 2.40. The van der Waals surface area contributed by atoms with Crippen LogP contribution in [0.4, 0.5) is 13.2 Å². The van der Waals surface area contributed by atoms with Crippen LogP contribution in [0, 0.1) is 0 Å². The van der Waals surface area contributed by atoms with Crippen LogP contribution in [0.1, 0.15) is 24.0 Å². The number of hydrogen-bond donors (Lipinski definition) is 4. The summed E-state index contributed by atoms with van der Waals surface area (Å²) in [6.07, 6.45) is -2.03. The Hall–Kier alpha value is -4.71. The van der Waals surface area contributed by atoms with E-state index in [1.165, 1.54) is 29.1 Å². The van der Waals surface area contributed by atoms with Crippen LogP contribution in [0.5, 0.6) is 0 Å². The number of carbonyl (C=O) groups is 3. The van der Waals surface area contributed by atoms with Gasteiger partial charge in [-0.05, 0) is 60.5 Å². The van der Waals surface area contributed by atoms with Crippen molar-refractivity contribution in [2.45, 2.75) is 37.5 Å². The Morgan fingerprint density at radius 1 is 0.886 bits per heavy atom. The maximum Gasteiger partial charge on any atom is 0.416 e. The smallest absolute Gasteiger partial charge is 0.354 e. The molecule has 1 aliphatic rings. The molecule has 2 heterocycles. The normalized spacial score (nSPS) is 14.6. The Bertz CT molecular complexity index is 1640. The Labute approximate surface area is 252 Å². The molecule has 44 heavy (non-hydrogen) atoms. The third kappa shape index (κ3) is 7.43. The topological polar surface area (TPSA) is 117 Å². The lowest BCUT2D eigenvalue weighted by atomic mass is 9.87. The molecule has 0 unspecified atom stereocenters. The number of benzene rings is 3. The average molecular weight is 607 g/mol. The Balaban J connectivity index is 1.14. The molecule has 230 valence electrons. The summed E-state index contributed by atoms with van der Waals surface area (Å²) < 4.78 is 40.7. The van der Waals surface area contributed by atoms with Gasteiger partial charge >= 0.3 is 6.18 Å². The number of aromatic nitrogens is 2. The number of halogens is 3. The van der Waals surface area contributed by atoms with E-state index < -0.39 is 23.2 Å². The van der Waals surface area contributed by atoms with E-state index in [4.69, 9.17) is 0 Å². The van der Waals surface area contributed by atoms with Crippen LogP contribution in [0.2, 0.25) is 0 Å². The molecule has 0 atom stereocenters. The SMILES string of the molecule is O=C(Cc1cccc2ccccc12)NCCNC(=O)C1(NC(=O)Cn2ccc(-c3cccc(C(F)(F)F)c3)n2)CCNCC1. The largest absolute Gasteiger partial charge is 0.416 e. The van der Waals surface area contributed by atoms with Gasteiger partial charge in [0, 0.05) is 24.8 Å². The second-order valence-corrected chi connectivity index (χ2v) is 10.8. The first-order chi connectivity index (χ1) is 21.1. The molecule has 3 aromatic carbocycles. The van der Waals surface area contributed by atoms with Crippen molar-refractivity contribution < 1.29 is 27.6 Å². The monoisotopic (exact) mass is 606 g/mol. The first kappa shape index (κ1) is 30.7. The van der Waals surface area contributed by atoms with Gasteiger partial charge in [0.1, 0.15) is 12.1 Å². The van der Waals surface area contributed by atoms with E-state index in [0.29, 0.717) is 31.6 Å². The second kappa shape index (κ2) is 13.3. The fourth-order valence-electron chi connectivity index (χ4n) is 5.40. The molecule has 1 fully saturated rings. The zero-order chi connectivity index (χ0) is 31.2. The van der Waals surface area contributed by atoms with E-state index in [2.05, 4.69) is 26.4 Å². The summed E-state index contributed by atoms with van der Waals surface area (Å²) in [4.78, 5) is 38.9. The average Bonchev–Trinajstić information content (AvgIpc) is 3.48. The van der Waals surface area contributed by atoms with Gasteiger partial charge in [-0.15, -0.1) is 0 Å². The highest BCUT2D eigenvalue weighted by atomic mass is 19.4. The molecule has 1 aromatic heterocycles. The first-order valence-electron chi connectivity index (χ1n) is 14.4. The fraction of sp³-hybridized carbons (Fsp3) is 0.312. The lowest BCUT2D eigenvalue weighted by molar-refractivity contribution is -0.137. The highest BCUT2D eigenvalue weighted by molar-refractivity contribution is 5.92. The van der Waals surface area contributed by atoms with Crippen LogP contribution in [0.3, 0.4) is 0 Å². The second-order valence-electron chi connectivity index (χ2n) is 10.8. The first-order valence-corrected chi connectivity index (χ1v) is 14.4. The minimum Gasteiger partial charge on any atom is -0.354 e. The fourth-order valence-corrected chi connectivity index (χ4v) is 5.40. The van der Waals surface area contributed by atoms with E-state index in [1.54, 1.807) is 0 Å². The Kier molecular flexibility index (Phi) is 9.29. The molecule has 12 heteroatoms. The van der Waals surface area contributed by atoms with Crippen LogP contribution in [0.25, 0.3) is 22.0 Å². The Morgan fingerprint density at radius 2 is 1.61 bits per heavy atom. The minimum absolute atomic E-state index is 0.163. The molecule has 0 bridgehead atoms. The van der Waals surface area contributed by atoms with Crippen molar-refractivity contribution >= 4 is 28.5 Å². The molecule has 0 saturated carbocycles. The number of alkyl halides is 3. The van der Waals surface area contributed by atoms with E-state index in [1.807, 2.05) is 42.5 Å². The van der Waals surface area contributed by atoms with Crippen molar-refractivity contribution in [3.8, 4) is 11.3 Å². The molecular weight excluding hydrogens is 573 g/mol. The lowest BCUT2D eigenvalue weighted by Crippen LogP contribution is -2.63. The number of carbonyl (C=O) groups excluding carboxylic acids is 3. The maximum atomic E-state index is 13.3. The number of nitrogens with one attached hydrogen (secondary N) is 4. The molecular formula is C32H33F3N6O3. The number of piperidine rings is 1. The number of nitrogens with zero attached hydrogens (tertiary/aromatic N) is 2. The standard InChI is InChI=1S/C32H33F3N6O3/c33-32(34,35)25-9-4-8-24(19-25)27-11-18-41(40-27)21-29(43)39-31(12-14-36-15-13-31)30(44)38-17-16-37-28(42)20-23-7-3-6-22-5-1-2-10-26(22)23/h1-11,18-19,36H,12-17,20-21H2,(H,37,42)(H,38,44)(H,39,43). The van der Waals surface area contributed by atoms with Crippen LogP contribution < -0.4 is 21.3 Å². The van der Waals surface area contributed by atoms with Gasteiger partial charge in [0.25, 0.3) is 0 Å². The van der Waals surface area contributed by atoms with Crippen molar-refractivity contribution in [1.82, 2.24) is 31.0 Å². The van der Waals surface area contributed by atoms with Gasteiger partial charge in [-0.3, -0.25) is 19.1 Å². The van der Waals surface area contributed by atoms with Gasteiger partial charge in [0.15, 0.2) is 0 Å². The quantitative estimate of drug-likeness (QED) is 0.207. The molecule has 3 amide bonds. The summed E-state index contributed by atoms with van der Waals surface area (Å²) in [5.74, 6) is -0.964. The number of fused-ring (bicyclic) bond motifs is 1. The van der Waals surface area contributed by atoms with Crippen LogP contribution in [-0.2, 0) is 33.5 Å². The number of amides is 3. The van der Waals surface area contributed by atoms with Crippen molar-refractivity contribution in [2.75, 3.05) is 26.2 Å². The number of rotatable bonds is 10. The van der Waals surface area contributed by atoms with Crippen molar-refractivity contribution in [2.24, 2.45) is 0 Å². The summed E-state index contributed by atoms with van der Waals surface area (Å²) in [7, 11) is 0. The molecule has 9 nitrogen and oxygen atoms in total. The van der Waals surface area contributed by atoms with Crippen molar-refractivity contribution in [3.63, 3.8) is 0 Å². The van der Waals surface area contributed by atoms with Crippen molar-refractivity contribution in [1.29, 1.82) is 0 Å². The van der Waals surface area contributed by atoms with Crippen LogP contribution in [-0.4, -0.2) is 59.2 Å². The van der Waals surface area contributed by atoms with Crippen LogP contribution in [0.15, 0.2) is 79.0 Å². The molecule has 5 rings (SSSR count). The summed E-state index contributed by atoms with van der Waals surface area (Å²) >= 11 is 0. The molecule has 4 N–H and O–H groups in total. The molecule has 4 aromatic rings. The molecule has 1 aliphatic heterocycles. The predicted molar refractivity (Wildman–Crippen MR) is 159 cm³/mol. The molecule has 1 saturated heterocycles. The number of hydrogen-bond acceptors (Lipinski definition) is 5. The minimum atomic E-state index is -4.48.